The second-order valence-electron chi connectivity index (χ2n) is 7.21. The van der Waals surface area contributed by atoms with Crippen LogP contribution in [0.3, 0.4) is 0 Å². The Morgan fingerprint density at radius 1 is 1.23 bits per heavy atom. The fourth-order valence-electron chi connectivity index (χ4n) is 3.68. The highest BCUT2D eigenvalue weighted by Crippen LogP contribution is 2.32. The Hall–Kier alpha value is -1.36. The molecule has 2 aliphatic heterocycles. The van der Waals surface area contributed by atoms with Crippen LogP contribution in [0.1, 0.15) is 55.3 Å². The minimum absolute atomic E-state index is 0.0334. The molecule has 0 radical (unpaired) electrons. The molecule has 2 fully saturated rings. The number of piperidine rings is 1. The first-order valence-corrected chi connectivity index (χ1v) is 8.49. The van der Waals surface area contributed by atoms with Crippen LogP contribution in [0.2, 0.25) is 0 Å². The zero-order valence-electron chi connectivity index (χ0n) is 13.9. The first-order valence-electron chi connectivity index (χ1n) is 8.49. The van der Waals surface area contributed by atoms with E-state index in [-0.39, 0.29) is 11.8 Å². The third kappa shape index (κ3) is 3.19. The van der Waals surface area contributed by atoms with Crippen LogP contribution in [0.4, 0.5) is 0 Å². The predicted molar refractivity (Wildman–Crippen MR) is 84.8 cm³/mol. The number of nitrogens with zero attached hydrogens (tertiary/aromatic N) is 3. The van der Waals surface area contributed by atoms with Crippen molar-refractivity contribution < 1.29 is 9.32 Å². The zero-order chi connectivity index (χ0) is 15.7. The highest BCUT2D eigenvalue weighted by atomic mass is 16.5. The van der Waals surface area contributed by atoms with E-state index < -0.39 is 0 Å². The van der Waals surface area contributed by atoms with Crippen LogP contribution in [-0.4, -0.2) is 54.1 Å². The van der Waals surface area contributed by atoms with E-state index >= 15 is 0 Å². The summed E-state index contributed by atoms with van der Waals surface area (Å²) in [5, 5.41) is 3.96. The lowest BCUT2D eigenvalue weighted by Gasteiger charge is -2.32. The van der Waals surface area contributed by atoms with Crippen molar-refractivity contribution >= 4 is 5.91 Å². The fourth-order valence-corrected chi connectivity index (χ4v) is 3.68. The second-order valence-corrected chi connectivity index (χ2v) is 7.21. The van der Waals surface area contributed by atoms with Gasteiger partial charge in [-0.3, -0.25) is 4.79 Å². The van der Waals surface area contributed by atoms with Crippen molar-refractivity contribution in [3.8, 4) is 0 Å². The molecule has 0 N–H and O–H groups in total. The van der Waals surface area contributed by atoms with Crippen molar-refractivity contribution in [2.75, 3.05) is 33.2 Å². The van der Waals surface area contributed by atoms with Gasteiger partial charge in [0.25, 0.3) is 5.91 Å². The van der Waals surface area contributed by atoms with Crippen LogP contribution >= 0.6 is 0 Å². The third-order valence-electron chi connectivity index (χ3n) is 5.26. The number of likely N-dealkylation sites (tertiary alicyclic amines) is 2. The van der Waals surface area contributed by atoms with Gasteiger partial charge in [0.15, 0.2) is 5.69 Å². The van der Waals surface area contributed by atoms with Gasteiger partial charge in [0.1, 0.15) is 5.76 Å². The highest BCUT2D eigenvalue weighted by molar-refractivity contribution is 5.92. The molecular weight excluding hydrogens is 278 g/mol. The number of carbonyl (C=O) groups excluding carboxylic acids is 1. The van der Waals surface area contributed by atoms with E-state index in [0.717, 1.165) is 31.2 Å². The molecule has 0 unspecified atom stereocenters. The summed E-state index contributed by atoms with van der Waals surface area (Å²) >= 11 is 0. The van der Waals surface area contributed by atoms with Crippen LogP contribution in [0.25, 0.3) is 0 Å². The van der Waals surface area contributed by atoms with Gasteiger partial charge in [-0.05, 0) is 51.2 Å². The molecule has 3 heterocycles. The summed E-state index contributed by atoms with van der Waals surface area (Å²) in [6.07, 6.45) is 3.67. The average molecular weight is 305 g/mol. The van der Waals surface area contributed by atoms with Crippen LogP contribution in [0, 0.1) is 11.8 Å². The normalized spacial score (nSPS) is 24.4. The van der Waals surface area contributed by atoms with Crippen LogP contribution < -0.4 is 0 Å². The van der Waals surface area contributed by atoms with Crippen molar-refractivity contribution in [2.45, 2.75) is 39.0 Å². The predicted octanol–water partition coefficient (Wildman–Crippen LogP) is 2.60. The average Bonchev–Trinajstić information content (AvgIpc) is 3.17. The summed E-state index contributed by atoms with van der Waals surface area (Å²) < 4.78 is 5.26. The van der Waals surface area contributed by atoms with Gasteiger partial charge < -0.3 is 14.3 Å². The molecule has 5 heteroatoms. The SMILES string of the molecule is CC(C)c1cc(C(=O)N2CC[C@@H](C3CCN(C)CC3)C2)no1. The number of carbonyl (C=O) groups is 1. The van der Waals surface area contributed by atoms with E-state index in [1.807, 2.05) is 18.7 Å². The van der Waals surface area contributed by atoms with Gasteiger partial charge in [-0.1, -0.05) is 19.0 Å². The summed E-state index contributed by atoms with van der Waals surface area (Å²) in [5.41, 5.74) is 0.465. The number of rotatable bonds is 3. The molecule has 1 aromatic rings. The molecule has 1 atom stereocenters. The number of hydrogen-bond acceptors (Lipinski definition) is 4. The van der Waals surface area contributed by atoms with Gasteiger partial charge in [0.2, 0.25) is 0 Å². The van der Waals surface area contributed by atoms with E-state index in [0.29, 0.717) is 11.6 Å². The highest BCUT2D eigenvalue weighted by Gasteiger charge is 2.34. The van der Waals surface area contributed by atoms with Gasteiger partial charge >= 0.3 is 0 Å². The van der Waals surface area contributed by atoms with E-state index in [2.05, 4.69) is 17.1 Å². The van der Waals surface area contributed by atoms with Crippen LogP contribution in [0.15, 0.2) is 10.6 Å². The largest absolute Gasteiger partial charge is 0.360 e. The van der Waals surface area contributed by atoms with E-state index in [4.69, 9.17) is 4.52 Å². The standard InChI is InChI=1S/C17H27N3O2/c1-12(2)16-10-15(18-22-16)17(21)20-9-6-14(11-20)13-4-7-19(3)8-5-13/h10,12-14H,4-9,11H2,1-3H3/t14-/m1/s1. The quantitative estimate of drug-likeness (QED) is 0.861. The molecule has 5 nitrogen and oxygen atoms in total. The van der Waals surface area contributed by atoms with Crippen LogP contribution in [-0.2, 0) is 0 Å². The molecule has 0 spiro atoms. The Morgan fingerprint density at radius 3 is 2.55 bits per heavy atom. The summed E-state index contributed by atoms with van der Waals surface area (Å²) in [4.78, 5) is 16.9. The lowest BCUT2D eigenvalue weighted by molar-refractivity contribution is 0.0765. The van der Waals surface area contributed by atoms with Crippen molar-refractivity contribution in [3.63, 3.8) is 0 Å². The molecule has 0 aromatic carbocycles. The summed E-state index contributed by atoms with van der Waals surface area (Å²) in [6, 6.07) is 1.80. The van der Waals surface area contributed by atoms with Gasteiger partial charge in [0, 0.05) is 25.1 Å². The van der Waals surface area contributed by atoms with Crippen molar-refractivity contribution in [1.29, 1.82) is 0 Å². The Morgan fingerprint density at radius 2 is 1.91 bits per heavy atom. The molecule has 22 heavy (non-hydrogen) atoms. The van der Waals surface area contributed by atoms with E-state index in [9.17, 15) is 4.79 Å². The van der Waals surface area contributed by atoms with Gasteiger partial charge in [-0.25, -0.2) is 0 Å². The number of aromatic nitrogens is 1. The molecule has 3 rings (SSSR count). The molecular formula is C17H27N3O2. The lowest BCUT2D eigenvalue weighted by Crippen LogP contribution is -2.35. The summed E-state index contributed by atoms with van der Waals surface area (Å²) in [7, 11) is 2.19. The maximum absolute atomic E-state index is 12.6. The minimum Gasteiger partial charge on any atom is -0.360 e. The first-order chi connectivity index (χ1) is 10.5. The maximum atomic E-state index is 12.6. The summed E-state index contributed by atoms with van der Waals surface area (Å²) in [6.45, 7) is 8.21. The van der Waals surface area contributed by atoms with E-state index in [1.54, 1.807) is 6.07 Å². The molecule has 2 aliphatic rings. The Balaban J connectivity index is 1.58. The molecule has 0 saturated carbocycles. The Labute approximate surface area is 132 Å². The lowest BCUT2D eigenvalue weighted by atomic mass is 9.84. The number of amides is 1. The zero-order valence-corrected chi connectivity index (χ0v) is 13.9. The first kappa shape index (κ1) is 15.5. The molecule has 2 saturated heterocycles. The molecule has 1 amide bonds. The number of hydrogen-bond donors (Lipinski definition) is 0. The van der Waals surface area contributed by atoms with Crippen molar-refractivity contribution in [1.82, 2.24) is 15.0 Å². The van der Waals surface area contributed by atoms with Crippen molar-refractivity contribution in [3.05, 3.63) is 17.5 Å². The minimum atomic E-state index is 0.0334. The van der Waals surface area contributed by atoms with Crippen molar-refractivity contribution in [2.24, 2.45) is 11.8 Å². The molecule has 122 valence electrons. The van der Waals surface area contributed by atoms with Gasteiger partial charge in [-0.2, -0.15) is 0 Å². The van der Waals surface area contributed by atoms with Gasteiger partial charge in [0.05, 0.1) is 0 Å². The molecule has 1 aromatic heterocycles. The topological polar surface area (TPSA) is 49.6 Å². The molecule has 0 bridgehead atoms. The third-order valence-corrected chi connectivity index (χ3v) is 5.26. The summed E-state index contributed by atoms with van der Waals surface area (Å²) in [5.74, 6) is 2.52. The fraction of sp³-hybridized carbons (Fsp3) is 0.765. The Bertz CT molecular complexity index is 518. The molecule has 0 aliphatic carbocycles. The second kappa shape index (κ2) is 6.41. The Kier molecular flexibility index (Phi) is 4.52. The maximum Gasteiger partial charge on any atom is 0.276 e. The van der Waals surface area contributed by atoms with E-state index in [1.165, 1.54) is 25.9 Å². The van der Waals surface area contributed by atoms with Gasteiger partial charge in [-0.15, -0.1) is 0 Å². The van der Waals surface area contributed by atoms with Crippen LogP contribution in [0.5, 0.6) is 0 Å². The monoisotopic (exact) mass is 305 g/mol. The smallest absolute Gasteiger partial charge is 0.276 e.